The van der Waals surface area contributed by atoms with Crippen LogP contribution in [-0.4, -0.2) is 16.9 Å². The molecule has 132 valence electrons. The molecule has 2 N–H and O–H groups in total. The third-order valence-electron chi connectivity index (χ3n) is 4.61. The van der Waals surface area contributed by atoms with Gasteiger partial charge in [-0.1, -0.05) is 49.6 Å². The maximum atomic E-state index is 4.18. The van der Waals surface area contributed by atoms with Gasteiger partial charge in [-0.05, 0) is 42.3 Å². The van der Waals surface area contributed by atoms with Gasteiger partial charge in [-0.3, -0.25) is 0 Å². The average molecular weight is 343 g/mol. The summed E-state index contributed by atoms with van der Waals surface area (Å²) in [4.78, 5) is 5.39. The van der Waals surface area contributed by atoms with Gasteiger partial charge in [0.15, 0.2) is 0 Å². The Morgan fingerprint density at radius 1 is 1.23 bits per heavy atom. The third kappa shape index (κ3) is 3.42. The predicted octanol–water partition coefficient (Wildman–Crippen LogP) is 5.08. The van der Waals surface area contributed by atoms with Gasteiger partial charge >= 0.3 is 0 Å². The summed E-state index contributed by atoms with van der Waals surface area (Å²) in [6.45, 7) is 10.0. The fraction of sp³-hybridized carbons (Fsp3) is 0.130. The number of nitrogens with zero attached hydrogens (tertiary/aromatic N) is 1. The molecule has 0 saturated carbocycles. The molecular weight excluding hydrogens is 318 g/mol. The maximum Gasteiger partial charge on any atom is 0.0695 e. The van der Waals surface area contributed by atoms with Crippen molar-refractivity contribution in [3.8, 4) is 0 Å². The van der Waals surface area contributed by atoms with Crippen LogP contribution in [0.3, 0.4) is 0 Å². The van der Waals surface area contributed by atoms with E-state index in [9.17, 15) is 0 Å². The van der Waals surface area contributed by atoms with Crippen LogP contribution in [0.4, 0.5) is 0 Å². The predicted molar refractivity (Wildman–Crippen MR) is 111 cm³/mol. The summed E-state index contributed by atoms with van der Waals surface area (Å²) >= 11 is 0. The first-order valence-corrected chi connectivity index (χ1v) is 8.74. The lowest BCUT2D eigenvalue weighted by molar-refractivity contribution is 0.650. The van der Waals surface area contributed by atoms with Crippen LogP contribution in [0.2, 0.25) is 0 Å². The molecule has 1 aliphatic rings. The number of rotatable bonds is 6. The quantitative estimate of drug-likeness (QED) is 0.717. The Kier molecular flexibility index (Phi) is 5.28. The first-order chi connectivity index (χ1) is 12.7. The van der Waals surface area contributed by atoms with Crippen molar-refractivity contribution in [2.75, 3.05) is 7.05 Å². The number of H-pyrrole nitrogens is 1. The van der Waals surface area contributed by atoms with E-state index < -0.39 is 0 Å². The highest BCUT2D eigenvalue weighted by Gasteiger charge is 2.23. The minimum absolute atomic E-state index is 0.836. The van der Waals surface area contributed by atoms with Crippen LogP contribution in [-0.2, 0) is 6.42 Å². The first-order valence-electron chi connectivity index (χ1n) is 8.74. The molecule has 2 heterocycles. The van der Waals surface area contributed by atoms with E-state index in [1.54, 1.807) is 6.20 Å². The lowest BCUT2D eigenvalue weighted by Gasteiger charge is -2.27. The molecule has 1 aromatic heterocycles. The van der Waals surface area contributed by atoms with E-state index in [-0.39, 0.29) is 0 Å². The van der Waals surface area contributed by atoms with Gasteiger partial charge in [0.2, 0.25) is 0 Å². The molecule has 0 saturated heterocycles. The molecule has 0 atom stereocenters. The molecule has 0 radical (unpaired) electrons. The minimum Gasteiger partial charge on any atom is -0.368 e. The second kappa shape index (κ2) is 7.79. The van der Waals surface area contributed by atoms with Crippen molar-refractivity contribution >= 4 is 11.3 Å². The average Bonchev–Trinajstić information content (AvgIpc) is 3.15. The molecule has 2 aromatic rings. The van der Waals surface area contributed by atoms with Crippen molar-refractivity contribution in [1.29, 1.82) is 0 Å². The van der Waals surface area contributed by atoms with Crippen LogP contribution < -0.4 is 5.32 Å². The molecular formula is C23H25N3. The van der Waals surface area contributed by atoms with Crippen LogP contribution in [0.5, 0.6) is 0 Å². The van der Waals surface area contributed by atoms with E-state index in [0.717, 1.165) is 17.8 Å². The summed E-state index contributed by atoms with van der Waals surface area (Å²) < 4.78 is 0. The zero-order valence-electron chi connectivity index (χ0n) is 15.4. The molecule has 0 amide bonds. The van der Waals surface area contributed by atoms with Gasteiger partial charge in [-0.25, -0.2) is 0 Å². The normalized spacial score (nSPS) is 14.8. The molecule has 3 heteroatoms. The smallest absolute Gasteiger partial charge is 0.0695 e. The number of nitrogens with one attached hydrogen (secondary N) is 2. The summed E-state index contributed by atoms with van der Waals surface area (Å²) in [5.41, 5.74) is 8.08. The molecule has 0 unspecified atom stereocenters. The van der Waals surface area contributed by atoms with E-state index in [4.69, 9.17) is 0 Å². The SMILES string of the molecule is C=CN/C=C(Cc1ccccc1)\C(=C/C)C1=CN(C)C(=C)c2[nH]ccc21. The van der Waals surface area contributed by atoms with Crippen molar-refractivity contribution < 1.29 is 0 Å². The van der Waals surface area contributed by atoms with Gasteiger partial charge in [0, 0.05) is 36.8 Å². The molecule has 3 rings (SSSR count). The molecule has 0 aliphatic carbocycles. The van der Waals surface area contributed by atoms with E-state index >= 15 is 0 Å². The monoisotopic (exact) mass is 343 g/mol. The lowest BCUT2D eigenvalue weighted by atomic mass is 9.88. The van der Waals surface area contributed by atoms with Crippen LogP contribution >= 0.6 is 0 Å². The number of fused-ring (bicyclic) bond motifs is 1. The fourth-order valence-electron chi connectivity index (χ4n) is 3.28. The summed E-state index contributed by atoms with van der Waals surface area (Å²) in [6, 6.07) is 12.6. The van der Waals surface area contributed by atoms with Crippen LogP contribution in [0, 0.1) is 0 Å². The summed E-state index contributed by atoms with van der Waals surface area (Å²) in [6.07, 6.45) is 10.9. The van der Waals surface area contributed by atoms with E-state index in [0.29, 0.717) is 0 Å². The number of allylic oxidation sites excluding steroid dienone is 4. The highest BCUT2D eigenvalue weighted by atomic mass is 15.1. The van der Waals surface area contributed by atoms with Crippen LogP contribution in [0.25, 0.3) is 11.3 Å². The molecule has 1 aliphatic heterocycles. The number of aromatic amines is 1. The molecule has 3 nitrogen and oxygen atoms in total. The van der Waals surface area contributed by atoms with E-state index in [2.05, 4.69) is 77.9 Å². The topological polar surface area (TPSA) is 31.1 Å². The Morgan fingerprint density at radius 3 is 2.69 bits per heavy atom. The molecule has 26 heavy (non-hydrogen) atoms. The second-order valence-electron chi connectivity index (χ2n) is 6.27. The van der Waals surface area contributed by atoms with Crippen molar-refractivity contribution in [2.45, 2.75) is 13.3 Å². The lowest BCUT2D eigenvalue weighted by Crippen LogP contribution is -2.16. The van der Waals surface area contributed by atoms with Crippen molar-refractivity contribution in [3.63, 3.8) is 0 Å². The van der Waals surface area contributed by atoms with Crippen molar-refractivity contribution in [1.82, 2.24) is 15.2 Å². The minimum atomic E-state index is 0.836. The number of hydrogen-bond donors (Lipinski definition) is 2. The summed E-state index contributed by atoms with van der Waals surface area (Å²) in [5.74, 6) is 0. The first kappa shape index (κ1) is 17.6. The van der Waals surface area contributed by atoms with Crippen molar-refractivity contribution in [3.05, 3.63) is 108 Å². The fourth-order valence-corrected chi connectivity index (χ4v) is 3.28. The van der Waals surface area contributed by atoms with Gasteiger partial charge in [0.1, 0.15) is 0 Å². The van der Waals surface area contributed by atoms with E-state index in [1.165, 1.54) is 27.8 Å². The van der Waals surface area contributed by atoms with Gasteiger partial charge < -0.3 is 15.2 Å². The Balaban J connectivity index is 2.03. The summed E-state index contributed by atoms with van der Waals surface area (Å²) in [7, 11) is 2.03. The summed E-state index contributed by atoms with van der Waals surface area (Å²) in [5, 5.41) is 3.16. The van der Waals surface area contributed by atoms with Gasteiger partial charge in [0.25, 0.3) is 0 Å². The highest BCUT2D eigenvalue weighted by Crippen LogP contribution is 2.38. The zero-order valence-corrected chi connectivity index (χ0v) is 15.4. The molecule has 1 aromatic carbocycles. The maximum absolute atomic E-state index is 4.18. The Morgan fingerprint density at radius 2 is 2.00 bits per heavy atom. The zero-order chi connectivity index (χ0) is 18.5. The molecule has 0 fully saturated rings. The van der Waals surface area contributed by atoms with Gasteiger partial charge in [-0.2, -0.15) is 0 Å². The van der Waals surface area contributed by atoms with Crippen LogP contribution in [0.1, 0.15) is 23.7 Å². The second-order valence-corrected chi connectivity index (χ2v) is 6.27. The Hall–Kier alpha value is -3.20. The molecule has 0 spiro atoms. The van der Waals surface area contributed by atoms with Crippen molar-refractivity contribution in [2.24, 2.45) is 0 Å². The standard InChI is InChI=1S/C23H25N3/c1-5-20(19(15-24-6-2)14-18-10-8-7-9-11-18)22-16-26(4)17(3)23-21(22)12-13-25-23/h5-13,15-16,24-25H,2-3,14H2,1,4H3/b19-15-,20-5+. The number of benzene rings is 1. The van der Waals surface area contributed by atoms with E-state index in [1.807, 2.05) is 25.5 Å². The Labute approximate surface area is 155 Å². The molecule has 0 bridgehead atoms. The largest absolute Gasteiger partial charge is 0.368 e. The van der Waals surface area contributed by atoms with Crippen LogP contribution in [0.15, 0.2) is 91.6 Å². The van der Waals surface area contributed by atoms with Gasteiger partial charge in [0.05, 0.1) is 11.4 Å². The number of hydrogen-bond acceptors (Lipinski definition) is 2. The van der Waals surface area contributed by atoms with Gasteiger partial charge in [-0.15, -0.1) is 0 Å². The third-order valence-corrected chi connectivity index (χ3v) is 4.61. The highest BCUT2D eigenvalue weighted by molar-refractivity contribution is 5.91. The Bertz CT molecular complexity index is 895. The number of aromatic nitrogens is 1.